The summed E-state index contributed by atoms with van der Waals surface area (Å²) in [7, 11) is 1.41. The van der Waals surface area contributed by atoms with Crippen molar-refractivity contribution in [2.45, 2.75) is 43.8 Å². The summed E-state index contributed by atoms with van der Waals surface area (Å²) in [6, 6.07) is 0.228. The van der Waals surface area contributed by atoms with Crippen LogP contribution in [0.3, 0.4) is 0 Å². The fourth-order valence-corrected chi connectivity index (χ4v) is 3.21. The summed E-state index contributed by atoms with van der Waals surface area (Å²) in [6.45, 7) is 2.16. The van der Waals surface area contributed by atoms with Gasteiger partial charge in [0.25, 0.3) is 0 Å². The summed E-state index contributed by atoms with van der Waals surface area (Å²) in [5.41, 5.74) is 2.77. The van der Waals surface area contributed by atoms with Crippen LogP contribution < -0.4 is 11.1 Å². The lowest BCUT2D eigenvalue weighted by atomic mass is 9.80. The van der Waals surface area contributed by atoms with Crippen LogP contribution in [0.4, 0.5) is 13.2 Å². The van der Waals surface area contributed by atoms with Crippen LogP contribution in [-0.2, 0) is 4.18 Å². The van der Waals surface area contributed by atoms with E-state index in [0.717, 1.165) is 12.8 Å². The van der Waals surface area contributed by atoms with Gasteiger partial charge < -0.3 is 15.2 Å². The molecule has 2 bridgehead atoms. The molecule has 0 saturated carbocycles. The molecule has 0 radical (unpaired) electrons. The fourth-order valence-electron chi connectivity index (χ4n) is 2.86. The van der Waals surface area contributed by atoms with E-state index in [0.29, 0.717) is 23.6 Å². The lowest BCUT2D eigenvalue weighted by Crippen LogP contribution is -2.52. The van der Waals surface area contributed by atoms with Crippen LogP contribution in [0.1, 0.15) is 26.2 Å². The Hall–Kier alpha value is -0.890. The molecule has 3 atom stereocenters. The highest BCUT2D eigenvalue weighted by atomic mass is 32.2. The number of piperidine rings is 1. The second kappa shape index (κ2) is 5.85. The first-order chi connectivity index (χ1) is 9.30. The first-order valence-corrected chi connectivity index (χ1v) is 7.18. The maximum absolute atomic E-state index is 12.2. The quantitative estimate of drug-likeness (QED) is 0.467. The first-order valence-electron chi connectivity index (χ1n) is 6.44. The Morgan fingerprint density at radius 3 is 2.75 bits per heavy atom. The number of aliphatic imine (C=N–C) groups is 1. The van der Waals surface area contributed by atoms with Gasteiger partial charge in [-0.3, -0.25) is 4.99 Å². The number of nitrogens with one attached hydrogen (secondary N) is 1. The molecule has 2 aliphatic heterocycles. The van der Waals surface area contributed by atoms with Crippen LogP contribution in [-0.4, -0.2) is 30.5 Å². The Kier molecular flexibility index (Phi) is 4.53. The summed E-state index contributed by atoms with van der Waals surface area (Å²) >= 11 is -0.550. The second-order valence-corrected chi connectivity index (χ2v) is 6.07. The normalized spacial score (nSPS) is 31.4. The molecular formula is C12H18F3N3OS. The summed E-state index contributed by atoms with van der Waals surface area (Å²) in [5.74, 6) is 0.537. The first kappa shape index (κ1) is 15.5. The standard InChI is InChI=1S/C12H18F3N3OS/c1-6-3-7-5-8(10(16)9(4-6)18-7)11(17-2)19-20-12(13,14)15/h6-7,9,18H,3-5,16H2,1-2H3. The smallest absolute Gasteiger partial charge is 0.400 e. The third-order valence-corrected chi connectivity index (χ3v) is 4.04. The van der Waals surface area contributed by atoms with Crippen molar-refractivity contribution in [3.63, 3.8) is 0 Å². The predicted molar refractivity (Wildman–Crippen MR) is 73.0 cm³/mol. The van der Waals surface area contributed by atoms with Crippen molar-refractivity contribution in [3.8, 4) is 0 Å². The minimum Gasteiger partial charge on any atom is -0.400 e. The van der Waals surface area contributed by atoms with Crippen molar-refractivity contribution in [1.29, 1.82) is 0 Å². The molecule has 0 aliphatic carbocycles. The number of alkyl halides is 3. The minimum atomic E-state index is -4.46. The van der Waals surface area contributed by atoms with E-state index >= 15 is 0 Å². The molecule has 2 heterocycles. The van der Waals surface area contributed by atoms with Crippen molar-refractivity contribution in [3.05, 3.63) is 11.3 Å². The van der Waals surface area contributed by atoms with Gasteiger partial charge in [0.2, 0.25) is 5.90 Å². The lowest BCUT2D eigenvalue weighted by Gasteiger charge is -2.40. The average molecular weight is 309 g/mol. The second-order valence-electron chi connectivity index (χ2n) is 5.27. The Morgan fingerprint density at radius 1 is 1.45 bits per heavy atom. The number of nitrogens with zero attached hydrogens (tertiary/aromatic N) is 1. The van der Waals surface area contributed by atoms with Crippen LogP contribution >= 0.6 is 12.0 Å². The van der Waals surface area contributed by atoms with Crippen LogP contribution in [0.2, 0.25) is 0 Å². The van der Waals surface area contributed by atoms with Gasteiger partial charge in [0.05, 0.1) is 0 Å². The van der Waals surface area contributed by atoms with E-state index in [2.05, 4.69) is 17.2 Å². The van der Waals surface area contributed by atoms with Gasteiger partial charge in [-0.05, 0) is 25.2 Å². The third-order valence-electron chi connectivity index (χ3n) is 3.61. The zero-order valence-electron chi connectivity index (χ0n) is 11.3. The number of fused-ring (bicyclic) bond motifs is 2. The van der Waals surface area contributed by atoms with Crippen LogP contribution in [0.5, 0.6) is 0 Å². The zero-order chi connectivity index (χ0) is 14.9. The average Bonchev–Trinajstić information content (AvgIpc) is 2.34. The van der Waals surface area contributed by atoms with Crippen LogP contribution in [0.25, 0.3) is 0 Å². The van der Waals surface area contributed by atoms with Gasteiger partial charge in [-0.25, -0.2) is 0 Å². The molecule has 0 amide bonds. The van der Waals surface area contributed by atoms with Gasteiger partial charge in [0.1, 0.15) is 0 Å². The van der Waals surface area contributed by atoms with Gasteiger partial charge in [0, 0.05) is 30.4 Å². The number of nitrogens with two attached hydrogens (primary N) is 1. The van der Waals surface area contributed by atoms with E-state index < -0.39 is 17.6 Å². The van der Waals surface area contributed by atoms with Crippen molar-refractivity contribution < 1.29 is 17.4 Å². The molecule has 4 nitrogen and oxygen atoms in total. The summed E-state index contributed by atoms with van der Waals surface area (Å²) < 4.78 is 41.4. The molecule has 1 fully saturated rings. The molecule has 0 spiro atoms. The highest BCUT2D eigenvalue weighted by molar-refractivity contribution is 7.95. The van der Waals surface area contributed by atoms with Gasteiger partial charge in [-0.15, -0.1) is 0 Å². The monoisotopic (exact) mass is 309 g/mol. The topological polar surface area (TPSA) is 59.6 Å². The molecule has 8 heteroatoms. The highest BCUT2D eigenvalue weighted by Crippen LogP contribution is 2.35. The molecule has 3 N–H and O–H groups in total. The molecule has 2 aliphatic rings. The van der Waals surface area contributed by atoms with E-state index in [4.69, 9.17) is 9.92 Å². The molecule has 3 unspecified atom stereocenters. The number of halogens is 3. The van der Waals surface area contributed by atoms with Gasteiger partial charge in [0.15, 0.2) is 12.0 Å². The lowest BCUT2D eigenvalue weighted by molar-refractivity contribution is -0.0372. The zero-order valence-corrected chi connectivity index (χ0v) is 12.1. The van der Waals surface area contributed by atoms with Crippen molar-refractivity contribution in [2.75, 3.05) is 7.05 Å². The number of hydrogen-bond donors (Lipinski definition) is 2. The van der Waals surface area contributed by atoms with Crippen molar-refractivity contribution in [1.82, 2.24) is 5.32 Å². The Balaban J connectivity index is 2.15. The Morgan fingerprint density at radius 2 is 2.15 bits per heavy atom. The molecule has 2 rings (SSSR count). The highest BCUT2D eigenvalue weighted by Gasteiger charge is 2.37. The molecule has 0 aromatic rings. The van der Waals surface area contributed by atoms with E-state index in [9.17, 15) is 13.2 Å². The third kappa shape index (κ3) is 3.60. The molecule has 114 valence electrons. The maximum Gasteiger partial charge on any atom is 0.479 e. The largest absolute Gasteiger partial charge is 0.479 e. The van der Waals surface area contributed by atoms with Gasteiger partial charge >= 0.3 is 5.51 Å². The van der Waals surface area contributed by atoms with Crippen molar-refractivity contribution in [2.24, 2.45) is 16.6 Å². The molecule has 0 aromatic carbocycles. The maximum atomic E-state index is 12.2. The molecule has 1 saturated heterocycles. The summed E-state index contributed by atoms with van der Waals surface area (Å²) in [6.07, 6.45) is 2.42. The molecule has 0 aromatic heterocycles. The molecular weight excluding hydrogens is 291 g/mol. The summed E-state index contributed by atoms with van der Waals surface area (Å²) in [4.78, 5) is 3.82. The van der Waals surface area contributed by atoms with Crippen LogP contribution in [0.15, 0.2) is 16.3 Å². The number of hydrogen-bond acceptors (Lipinski definition) is 5. The van der Waals surface area contributed by atoms with E-state index in [1.165, 1.54) is 7.05 Å². The SMILES string of the molecule is CN=C(OSC(F)(F)F)C1=C(N)C2CC(C)CC(C1)N2. The van der Waals surface area contributed by atoms with E-state index in [-0.39, 0.29) is 18.0 Å². The number of rotatable bonds is 2. The van der Waals surface area contributed by atoms with Gasteiger partial charge in [-0.1, -0.05) is 6.92 Å². The molecule has 20 heavy (non-hydrogen) atoms. The van der Waals surface area contributed by atoms with E-state index in [1.807, 2.05) is 0 Å². The fraction of sp³-hybridized carbons (Fsp3) is 0.750. The van der Waals surface area contributed by atoms with Crippen LogP contribution in [0, 0.1) is 5.92 Å². The summed E-state index contributed by atoms with van der Waals surface area (Å²) in [5, 5.41) is 3.39. The Labute approximate surface area is 120 Å². The minimum absolute atomic E-state index is 0.00346. The van der Waals surface area contributed by atoms with Gasteiger partial charge in [-0.2, -0.15) is 13.2 Å². The van der Waals surface area contributed by atoms with Crippen molar-refractivity contribution >= 4 is 17.9 Å². The Bertz CT molecular complexity index is 436. The predicted octanol–water partition coefficient (Wildman–Crippen LogP) is 2.57. The van der Waals surface area contributed by atoms with E-state index in [1.54, 1.807) is 0 Å².